The maximum absolute atomic E-state index is 12.9. The van der Waals surface area contributed by atoms with Crippen LogP contribution in [0.1, 0.15) is 23.0 Å². The summed E-state index contributed by atoms with van der Waals surface area (Å²) in [6.45, 7) is 8.58. The Bertz CT molecular complexity index is 671. The molecule has 0 unspecified atom stereocenters. The molecule has 1 aromatic heterocycles. The van der Waals surface area contributed by atoms with E-state index in [0.29, 0.717) is 5.02 Å². The van der Waals surface area contributed by atoms with Gasteiger partial charge in [0.15, 0.2) is 0 Å². The lowest BCUT2D eigenvalue weighted by Gasteiger charge is -2.34. The minimum Gasteiger partial charge on any atom is -0.358 e. The van der Waals surface area contributed by atoms with E-state index < -0.39 is 0 Å². The SMILES string of the molecule is CCN1CCN(C(=O)c2c(C)[nH]c3cccc(Cl)c23)CC1. The molecule has 1 N–H and O–H groups in total. The number of rotatable bonds is 2. The van der Waals surface area contributed by atoms with E-state index in [0.717, 1.165) is 54.9 Å². The van der Waals surface area contributed by atoms with Crippen LogP contribution in [0.3, 0.4) is 0 Å². The molecular weight excluding hydrogens is 286 g/mol. The molecule has 0 bridgehead atoms. The number of H-pyrrole nitrogens is 1. The molecule has 2 heterocycles. The highest BCUT2D eigenvalue weighted by molar-refractivity contribution is 6.37. The lowest BCUT2D eigenvalue weighted by molar-refractivity contribution is 0.0644. The summed E-state index contributed by atoms with van der Waals surface area (Å²) in [6.07, 6.45) is 0. The van der Waals surface area contributed by atoms with Gasteiger partial charge in [0.1, 0.15) is 0 Å². The second-order valence-corrected chi connectivity index (χ2v) is 5.92. The Morgan fingerprint density at radius 3 is 2.67 bits per heavy atom. The van der Waals surface area contributed by atoms with E-state index in [-0.39, 0.29) is 5.91 Å². The zero-order valence-electron chi connectivity index (χ0n) is 12.4. The highest BCUT2D eigenvalue weighted by Crippen LogP contribution is 2.30. The van der Waals surface area contributed by atoms with Crippen molar-refractivity contribution in [2.75, 3.05) is 32.7 Å². The predicted octanol–water partition coefficient (Wildman–Crippen LogP) is 2.91. The summed E-state index contributed by atoms with van der Waals surface area (Å²) in [5, 5.41) is 1.48. The summed E-state index contributed by atoms with van der Waals surface area (Å²) in [4.78, 5) is 20.4. The molecule has 1 aromatic carbocycles. The van der Waals surface area contributed by atoms with Crippen molar-refractivity contribution in [3.8, 4) is 0 Å². The Kier molecular flexibility index (Phi) is 3.91. The maximum Gasteiger partial charge on any atom is 0.256 e. The number of halogens is 1. The third-order valence-electron chi connectivity index (χ3n) is 4.28. The van der Waals surface area contributed by atoms with Crippen molar-refractivity contribution in [1.82, 2.24) is 14.8 Å². The summed E-state index contributed by atoms with van der Waals surface area (Å²) >= 11 is 6.31. The molecular formula is C16H20ClN3O. The Morgan fingerprint density at radius 1 is 1.29 bits per heavy atom. The minimum absolute atomic E-state index is 0.0857. The number of amides is 1. The summed E-state index contributed by atoms with van der Waals surface area (Å²) in [5.41, 5.74) is 2.54. The smallest absolute Gasteiger partial charge is 0.256 e. The van der Waals surface area contributed by atoms with Crippen molar-refractivity contribution in [3.63, 3.8) is 0 Å². The predicted molar refractivity (Wildman–Crippen MR) is 86.1 cm³/mol. The third-order valence-corrected chi connectivity index (χ3v) is 4.60. The molecule has 0 aliphatic carbocycles. The van der Waals surface area contributed by atoms with E-state index in [2.05, 4.69) is 16.8 Å². The summed E-state index contributed by atoms with van der Waals surface area (Å²) < 4.78 is 0. The summed E-state index contributed by atoms with van der Waals surface area (Å²) in [7, 11) is 0. The van der Waals surface area contributed by atoms with Gasteiger partial charge in [-0.15, -0.1) is 0 Å². The van der Waals surface area contributed by atoms with Crippen LogP contribution in [0.2, 0.25) is 5.02 Å². The zero-order valence-corrected chi connectivity index (χ0v) is 13.2. The van der Waals surface area contributed by atoms with E-state index >= 15 is 0 Å². The molecule has 0 spiro atoms. The number of benzene rings is 1. The van der Waals surface area contributed by atoms with Crippen molar-refractivity contribution >= 4 is 28.4 Å². The fourth-order valence-electron chi connectivity index (χ4n) is 3.03. The van der Waals surface area contributed by atoms with Crippen LogP contribution in [-0.2, 0) is 0 Å². The van der Waals surface area contributed by atoms with Crippen molar-refractivity contribution in [2.45, 2.75) is 13.8 Å². The van der Waals surface area contributed by atoms with Crippen LogP contribution in [-0.4, -0.2) is 53.4 Å². The molecule has 1 fully saturated rings. The molecule has 21 heavy (non-hydrogen) atoms. The number of piperazine rings is 1. The first-order valence-corrected chi connectivity index (χ1v) is 7.78. The Morgan fingerprint density at radius 2 is 2.00 bits per heavy atom. The molecule has 1 aliphatic rings. The maximum atomic E-state index is 12.9. The highest BCUT2D eigenvalue weighted by atomic mass is 35.5. The number of likely N-dealkylation sites (N-methyl/N-ethyl adjacent to an activating group) is 1. The van der Waals surface area contributed by atoms with Gasteiger partial charge in [0.25, 0.3) is 5.91 Å². The van der Waals surface area contributed by atoms with Crippen LogP contribution < -0.4 is 0 Å². The van der Waals surface area contributed by atoms with Crippen LogP contribution in [0.5, 0.6) is 0 Å². The van der Waals surface area contributed by atoms with E-state index in [9.17, 15) is 4.79 Å². The van der Waals surface area contributed by atoms with Gasteiger partial charge in [0.05, 0.1) is 10.6 Å². The van der Waals surface area contributed by atoms with Crippen LogP contribution in [0.15, 0.2) is 18.2 Å². The number of carbonyl (C=O) groups is 1. The molecule has 0 saturated carbocycles. The number of hydrogen-bond acceptors (Lipinski definition) is 2. The largest absolute Gasteiger partial charge is 0.358 e. The molecule has 1 aliphatic heterocycles. The van der Waals surface area contributed by atoms with Crippen molar-refractivity contribution < 1.29 is 4.79 Å². The monoisotopic (exact) mass is 305 g/mol. The molecule has 0 atom stereocenters. The van der Waals surface area contributed by atoms with Crippen LogP contribution in [0.4, 0.5) is 0 Å². The fourth-order valence-corrected chi connectivity index (χ4v) is 3.30. The summed E-state index contributed by atoms with van der Waals surface area (Å²) in [5.74, 6) is 0.0857. The second-order valence-electron chi connectivity index (χ2n) is 5.51. The number of aromatic nitrogens is 1. The van der Waals surface area contributed by atoms with Crippen LogP contribution in [0, 0.1) is 6.92 Å². The molecule has 5 heteroatoms. The van der Waals surface area contributed by atoms with E-state index in [1.54, 1.807) is 0 Å². The number of nitrogens with zero attached hydrogens (tertiary/aromatic N) is 2. The zero-order chi connectivity index (χ0) is 15.0. The molecule has 2 aromatic rings. The first-order valence-electron chi connectivity index (χ1n) is 7.40. The number of nitrogens with one attached hydrogen (secondary N) is 1. The van der Waals surface area contributed by atoms with Gasteiger partial charge in [-0.3, -0.25) is 4.79 Å². The number of fused-ring (bicyclic) bond motifs is 1. The second kappa shape index (κ2) is 5.70. The van der Waals surface area contributed by atoms with Crippen molar-refractivity contribution in [1.29, 1.82) is 0 Å². The van der Waals surface area contributed by atoms with Gasteiger partial charge >= 0.3 is 0 Å². The van der Waals surface area contributed by atoms with Gasteiger partial charge in [-0.05, 0) is 25.6 Å². The number of aromatic amines is 1. The first-order chi connectivity index (χ1) is 10.1. The normalized spacial score (nSPS) is 16.6. The van der Waals surface area contributed by atoms with Crippen molar-refractivity contribution in [2.24, 2.45) is 0 Å². The van der Waals surface area contributed by atoms with Crippen LogP contribution >= 0.6 is 11.6 Å². The highest BCUT2D eigenvalue weighted by Gasteiger charge is 2.25. The molecule has 3 rings (SSSR count). The molecule has 0 radical (unpaired) electrons. The van der Waals surface area contributed by atoms with Gasteiger partial charge in [0, 0.05) is 42.8 Å². The summed E-state index contributed by atoms with van der Waals surface area (Å²) in [6, 6.07) is 5.69. The van der Waals surface area contributed by atoms with Gasteiger partial charge in [-0.25, -0.2) is 0 Å². The Labute approximate surface area is 129 Å². The molecule has 112 valence electrons. The minimum atomic E-state index is 0.0857. The Hall–Kier alpha value is -1.52. The topological polar surface area (TPSA) is 39.3 Å². The van der Waals surface area contributed by atoms with E-state index in [1.165, 1.54) is 0 Å². The van der Waals surface area contributed by atoms with E-state index in [1.807, 2.05) is 30.0 Å². The van der Waals surface area contributed by atoms with Crippen LogP contribution in [0.25, 0.3) is 10.9 Å². The quantitative estimate of drug-likeness (QED) is 0.926. The third kappa shape index (κ3) is 2.54. The number of hydrogen-bond donors (Lipinski definition) is 1. The fraction of sp³-hybridized carbons (Fsp3) is 0.438. The number of carbonyl (C=O) groups excluding carboxylic acids is 1. The average Bonchev–Trinajstić information content (AvgIpc) is 2.84. The van der Waals surface area contributed by atoms with Gasteiger partial charge in [0.2, 0.25) is 0 Å². The number of aryl methyl sites for hydroxylation is 1. The molecule has 1 saturated heterocycles. The lowest BCUT2D eigenvalue weighted by Crippen LogP contribution is -2.48. The average molecular weight is 306 g/mol. The Balaban J connectivity index is 1.94. The van der Waals surface area contributed by atoms with Gasteiger partial charge in [-0.1, -0.05) is 24.6 Å². The van der Waals surface area contributed by atoms with E-state index in [4.69, 9.17) is 11.6 Å². The lowest BCUT2D eigenvalue weighted by atomic mass is 10.1. The standard InChI is InChI=1S/C16H20ClN3O/c1-3-19-7-9-20(10-8-19)16(21)14-11(2)18-13-6-4-5-12(17)15(13)14/h4-6,18H,3,7-10H2,1-2H3. The first kappa shape index (κ1) is 14.4. The van der Waals surface area contributed by atoms with Crippen molar-refractivity contribution in [3.05, 3.63) is 34.5 Å². The molecule has 1 amide bonds. The van der Waals surface area contributed by atoms with Gasteiger partial charge < -0.3 is 14.8 Å². The molecule has 4 nitrogen and oxygen atoms in total. The van der Waals surface area contributed by atoms with Gasteiger partial charge in [-0.2, -0.15) is 0 Å².